The number of carboxylic acid groups (broad SMARTS) is 1. The molecule has 1 N–H and O–H groups in total. The molecule has 0 atom stereocenters. The number of hydrogen-bond donors (Lipinski definition) is 1. The zero-order valence-corrected chi connectivity index (χ0v) is 11.1. The number of aromatic nitrogens is 2. The Labute approximate surface area is 108 Å². The molecule has 0 radical (unpaired) electrons. The van der Waals surface area contributed by atoms with Crippen molar-refractivity contribution in [1.29, 1.82) is 0 Å². The fourth-order valence-corrected chi connectivity index (χ4v) is 3.00. The Bertz CT molecular complexity index is 404. The van der Waals surface area contributed by atoms with Crippen LogP contribution in [0, 0.1) is 5.41 Å². The number of rotatable bonds is 3. The zero-order chi connectivity index (χ0) is 13.0. The van der Waals surface area contributed by atoms with Crippen molar-refractivity contribution in [2.75, 3.05) is 0 Å². The molecule has 1 aromatic rings. The molecule has 1 saturated carbocycles. The number of nitrogens with zero attached hydrogens (tertiary/aromatic N) is 2. The summed E-state index contributed by atoms with van der Waals surface area (Å²) in [5.74, 6) is -0.631. The smallest absolute Gasteiger partial charge is 0.309 e. The second-order valence-electron chi connectivity index (χ2n) is 5.55. The van der Waals surface area contributed by atoms with Crippen molar-refractivity contribution < 1.29 is 9.90 Å². The third-order valence-electron chi connectivity index (χ3n) is 4.07. The molecule has 4 heteroatoms. The Balaban J connectivity index is 2.16. The lowest BCUT2D eigenvalue weighted by Crippen LogP contribution is -2.34. The molecule has 100 valence electrons. The summed E-state index contributed by atoms with van der Waals surface area (Å²) < 4.78 is 1.74. The molecule has 1 aliphatic carbocycles. The van der Waals surface area contributed by atoms with Crippen LogP contribution >= 0.6 is 0 Å². The number of hydrogen-bond acceptors (Lipinski definition) is 2. The van der Waals surface area contributed by atoms with Gasteiger partial charge in [0.2, 0.25) is 0 Å². The summed E-state index contributed by atoms with van der Waals surface area (Å²) in [6, 6.07) is 0. The van der Waals surface area contributed by atoms with Gasteiger partial charge in [0.25, 0.3) is 0 Å². The van der Waals surface area contributed by atoms with Gasteiger partial charge in [0.1, 0.15) is 0 Å². The SMILES string of the molecule is Cn1cc(CC2(C(=O)O)CCCCCCC2)cn1. The van der Waals surface area contributed by atoms with Gasteiger partial charge in [-0.15, -0.1) is 0 Å². The summed E-state index contributed by atoms with van der Waals surface area (Å²) >= 11 is 0. The largest absolute Gasteiger partial charge is 0.481 e. The average molecular weight is 250 g/mol. The molecule has 1 aromatic heterocycles. The third kappa shape index (κ3) is 2.92. The van der Waals surface area contributed by atoms with Crippen molar-refractivity contribution in [1.82, 2.24) is 9.78 Å². The van der Waals surface area contributed by atoms with Crippen LogP contribution in [0.5, 0.6) is 0 Å². The molecule has 1 heterocycles. The molecule has 0 saturated heterocycles. The van der Waals surface area contributed by atoms with E-state index in [9.17, 15) is 9.90 Å². The number of carbonyl (C=O) groups is 1. The Hall–Kier alpha value is -1.32. The Morgan fingerprint density at radius 2 is 1.94 bits per heavy atom. The first-order valence-electron chi connectivity index (χ1n) is 6.83. The van der Waals surface area contributed by atoms with Crippen molar-refractivity contribution >= 4 is 5.97 Å². The van der Waals surface area contributed by atoms with E-state index in [1.165, 1.54) is 19.3 Å². The molecule has 2 rings (SSSR count). The summed E-state index contributed by atoms with van der Waals surface area (Å²) in [6.07, 6.45) is 11.6. The van der Waals surface area contributed by atoms with Crippen LogP contribution in [-0.4, -0.2) is 20.9 Å². The highest BCUT2D eigenvalue weighted by molar-refractivity contribution is 5.75. The van der Waals surface area contributed by atoms with E-state index >= 15 is 0 Å². The lowest BCUT2D eigenvalue weighted by Gasteiger charge is -2.30. The van der Waals surface area contributed by atoms with Crippen LogP contribution in [0.4, 0.5) is 0 Å². The molecule has 0 aromatic carbocycles. The summed E-state index contributed by atoms with van der Waals surface area (Å²) in [5.41, 5.74) is 0.476. The van der Waals surface area contributed by atoms with E-state index in [0.29, 0.717) is 6.42 Å². The normalized spacial score (nSPS) is 20.1. The molecule has 0 aliphatic heterocycles. The number of carboxylic acids is 1. The predicted octanol–water partition coefficient (Wildman–Crippen LogP) is 2.78. The highest BCUT2D eigenvalue weighted by atomic mass is 16.4. The highest BCUT2D eigenvalue weighted by Gasteiger charge is 2.38. The van der Waals surface area contributed by atoms with Gasteiger partial charge in [-0.25, -0.2) is 0 Å². The Kier molecular flexibility index (Phi) is 4.04. The molecule has 1 aliphatic rings. The van der Waals surface area contributed by atoms with Gasteiger partial charge in [-0.2, -0.15) is 5.10 Å². The van der Waals surface area contributed by atoms with Crippen LogP contribution in [0.15, 0.2) is 12.4 Å². The lowest BCUT2D eigenvalue weighted by atomic mass is 9.72. The van der Waals surface area contributed by atoms with Crippen molar-refractivity contribution in [2.45, 2.75) is 51.4 Å². The first-order chi connectivity index (χ1) is 8.62. The number of aliphatic carboxylic acids is 1. The van der Waals surface area contributed by atoms with Crippen LogP contribution in [0.25, 0.3) is 0 Å². The minimum atomic E-state index is -0.631. The average Bonchev–Trinajstić information content (AvgIpc) is 2.67. The van der Waals surface area contributed by atoms with Crippen LogP contribution in [-0.2, 0) is 18.3 Å². The molecule has 4 nitrogen and oxygen atoms in total. The fourth-order valence-electron chi connectivity index (χ4n) is 3.00. The van der Waals surface area contributed by atoms with E-state index < -0.39 is 11.4 Å². The van der Waals surface area contributed by atoms with Gasteiger partial charge in [0.15, 0.2) is 0 Å². The van der Waals surface area contributed by atoms with Crippen molar-refractivity contribution in [3.8, 4) is 0 Å². The van der Waals surface area contributed by atoms with Gasteiger partial charge in [-0.1, -0.05) is 32.1 Å². The van der Waals surface area contributed by atoms with E-state index in [2.05, 4.69) is 5.10 Å². The lowest BCUT2D eigenvalue weighted by molar-refractivity contribution is -0.150. The predicted molar refractivity (Wildman–Crippen MR) is 69.3 cm³/mol. The standard InChI is InChI=1S/C14H22N2O2/c1-16-11-12(10-15-16)9-14(13(17)18)7-5-3-2-4-6-8-14/h10-11H,2-9H2,1H3,(H,17,18). The summed E-state index contributed by atoms with van der Waals surface area (Å²) in [5, 5.41) is 13.8. The van der Waals surface area contributed by atoms with Crippen molar-refractivity contribution in [3.05, 3.63) is 18.0 Å². The molecule has 18 heavy (non-hydrogen) atoms. The quantitative estimate of drug-likeness (QED) is 0.897. The Morgan fingerprint density at radius 3 is 2.44 bits per heavy atom. The molecule has 0 spiro atoms. The van der Waals surface area contributed by atoms with Crippen molar-refractivity contribution in [3.63, 3.8) is 0 Å². The monoisotopic (exact) mass is 250 g/mol. The van der Waals surface area contributed by atoms with E-state index in [0.717, 1.165) is 31.2 Å². The van der Waals surface area contributed by atoms with E-state index in [-0.39, 0.29) is 0 Å². The zero-order valence-electron chi connectivity index (χ0n) is 11.1. The van der Waals surface area contributed by atoms with Crippen LogP contribution in [0.2, 0.25) is 0 Å². The number of aryl methyl sites for hydroxylation is 1. The minimum Gasteiger partial charge on any atom is -0.481 e. The van der Waals surface area contributed by atoms with Gasteiger partial charge in [0.05, 0.1) is 11.6 Å². The van der Waals surface area contributed by atoms with Crippen LogP contribution in [0.3, 0.4) is 0 Å². The van der Waals surface area contributed by atoms with Gasteiger partial charge in [0, 0.05) is 13.2 Å². The highest BCUT2D eigenvalue weighted by Crippen LogP contribution is 2.37. The first-order valence-corrected chi connectivity index (χ1v) is 6.83. The van der Waals surface area contributed by atoms with Gasteiger partial charge in [-0.3, -0.25) is 9.48 Å². The molecular formula is C14H22N2O2. The second-order valence-corrected chi connectivity index (χ2v) is 5.55. The maximum absolute atomic E-state index is 11.7. The van der Waals surface area contributed by atoms with Crippen LogP contribution in [0.1, 0.15) is 50.5 Å². The van der Waals surface area contributed by atoms with Crippen molar-refractivity contribution in [2.24, 2.45) is 12.5 Å². The summed E-state index contributed by atoms with van der Waals surface area (Å²) in [4.78, 5) is 11.7. The molecular weight excluding hydrogens is 228 g/mol. The molecule has 0 unspecified atom stereocenters. The molecule has 1 fully saturated rings. The second kappa shape index (κ2) is 5.55. The summed E-state index contributed by atoms with van der Waals surface area (Å²) in [7, 11) is 1.87. The van der Waals surface area contributed by atoms with E-state index in [4.69, 9.17) is 0 Å². The molecule has 0 amide bonds. The topological polar surface area (TPSA) is 55.1 Å². The minimum absolute atomic E-state index is 0.566. The maximum atomic E-state index is 11.7. The Morgan fingerprint density at radius 1 is 1.33 bits per heavy atom. The fraction of sp³-hybridized carbons (Fsp3) is 0.714. The molecule has 0 bridgehead atoms. The third-order valence-corrected chi connectivity index (χ3v) is 4.07. The van der Waals surface area contributed by atoms with Gasteiger partial charge < -0.3 is 5.11 Å². The van der Waals surface area contributed by atoms with Gasteiger partial charge >= 0.3 is 5.97 Å². The van der Waals surface area contributed by atoms with Gasteiger partial charge in [-0.05, 0) is 24.8 Å². The van der Waals surface area contributed by atoms with E-state index in [1.54, 1.807) is 10.9 Å². The summed E-state index contributed by atoms with van der Waals surface area (Å²) in [6.45, 7) is 0. The maximum Gasteiger partial charge on any atom is 0.309 e. The van der Waals surface area contributed by atoms with Crippen LogP contribution < -0.4 is 0 Å². The van der Waals surface area contributed by atoms with E-state index in [1.807, 2.05) is 13.2 Å². The first kappa shape index (κ1) is 13.1.